The molecule has 1 fully saturated rings. The molecule has 1 aliphatic heterocycles. The van der Waals surface area contributed by atoms with Crippen molar-refractivity contribution in [3.05, 3.63) is 47.3 Å². The van der Waals surface area contributed by atoms with Gasteiger partial charge in [0.2, 0.25) is 11.8 Å². The van der Waals surface area contributed by atoms with Crippen LogP contribution in [0.15, 0.2) is 33.5 Å². The molecule has 2 heterocycles. The van der Waals surface area contributed by atoms with Gasteiger partial charge >= 0.3 is 5.76 Å². The Labute approximate surface area is 122 Å². The predicted molar refractivity (Wildman–Crippen MR) is 75.4 cm³/mol. The number of carbonyl (C=O) groups is 1. The van der Waals surface area contributed by atoms with E-state index in [9.17, 15) is 9.59 Å². The number of likely N-dealkylation sites (tertiary alicyclic amines) is 1. The first-order valence-corrected chi connectivity index (χ1v) is 6.85. The second-order valence-corrected chi connectivity index (χ2v) is 5.01. The maximum atomic E-state index is 11.8. The fraction of sp³-hybridized carbons (Fsp3) is 0.333. The number of hydrogen-bond donors (Lipinski definition) is 0. The van der Waals surface area contributed by atoms with Crippen LogP contribution in [-0.4, -0.2) is 33.7 Å². The lowest BCUT2D eigenvalue weighted by Gasteiger charge is -2.13. The van der Waals surface area contributed by atoms with Crippen molar-refractivity contribution in [3.63, 3.8) is 0 Å². The average molecular weight is 285 g/mol. The minimum absolute atomic E-state index is 0.127. The number of benzene rings is 1. The molecule has 1 aromatic heterocycles. The van der Waals surface area contributed by atoms with E-state index >= 15 is 0 Å². The molecule has 2 aromatic rings. The molecule has 0 atom stereocenters. The Morgan fingerprint density at radius 3 is 2.86 bits per heavy atom. The Balaban J connectivity index is 1.75. The van der Waals surface area contributed by atoms with E-state index in [0.717, 1.165) is 13.0 Å². The van der Waals surface area contributed by atoms with Crippen LogP contribution in [0.2, 0.25) is 0 Å². The molecule has 3 rings (SSSR count). The number of hydrogen-bond acceptors (Lipinski definition) is 4. The molecule has 6 nitrogen and oxygen atoms in total. The molecular weight excluding hydrogens is 270 g/mol. The molecule has 0 spiro atoms. The zero-order valence-electron chi connectivity index (χ0n) is 11.5. The summed E-state index contributed by atoms with van der Waals surface area (Å²) < 4.78 is 6.38. The number of carbonyl (C=O) groups excluding carboxylic acids is 1. The highest BCUT2D eigenvalue weighted by atomic mass is 16.4. The highest BCUT2D eigenvalue weighted by Crippen LogP contribution is 2.16. The molecule has 1 amide bonds. The molecule has 0 aliphatic carbocycles. The lowest BCUT2D eigenvalue weighted by molar-refractivity contribution is -0.127. The number of amides is 1. The van der Waals surface area contributed by atoms with E-state index in [-0.39, 0.29) is 11.8 Å². The van der Waals surface area contributed by atoms with Crippen LogP contribution in [0.3, 0.4) is 0 Å². The van der Waals surface area contributed by atoms with Crippen LogP contribution in [0.4, 0.5) is 0 Å². The molecular formula is C15H15N3O3. The van der Waals surface area contributed by atoms with Crippen LogP contribution in [0.1, 0.15) is 18.4 Å². The normalized spacial score (nSPS) is 14.9. The number of aromatic nitrogens is 2. The van der Waals surface area contributed by atoms with Gasteiger partial charge in [-0.3, -0.25) is 4.79 Å². The van der Waals surface area contributed by atoms with Crippen molar-refractivity contribution >= 4 is 5.91 Å². The second-order valence-electron chi connectivity index (χ2n) is 5.01. The summed E-state index contributed by atoms with van der Waals surface area (Å²) in [5, 5.41) is 4.15. The zero-order chi connectivity index (χ0) is 14.8. The van der Waals surface area contributed by atoms with E-state index in [0.29, 0.717) is 30.6 Å². The first kappa shape index (κ1) is 13.6. The summed E-state index contributed by atoms with van der Waals surface area (Å²) in [7, 11) is 0. The van der Waals surface area contributed by atoms with Crippen LogP contribution in [-0.2, 0) is 11.3 Å². The lowest BCUT2D eigenvalue weighted by atomic mass is 10.1. The van der Waals surface area contributed by atoms with Crippen molar-refractivity contribution in [1.82, 2.24) is 14.7 Å². The maximum absolute atomic E-state index is 11.8. The third-order valence-electron chi connectivity index (χ3n) is 3.49. The minimum Gasteiger partial charge on any atom is -0.388 e. The molecule has 6 heteroatoms. The Kier molecular flexibility index (Phi) is 3.60. The molecule has 1 aromatic carbocycles. The molecule has 0 saturated carbocycles. The van der Waals surface area contributed by atoms with E-state index in [1.165, 1.54) is 4.68 Å². The molecule has 2 radical (unpaired) electrons. The number of nitrogens with zero attached hydrogens (tertiary/aromatic N) is 3. The van der Waals surface area contributed by atoms with Crippen LogP contribution in [0.25, 0.3) is 11.5 Å². The molecule has 0 N–H and O–H groups in total. The Morgan fingerprint density at radius 2 is 2.14 bits per heavy atom. The van der Waals surface area contributed by atoms with Crippen molar-refractivity contribution in [1.29, 1.82) is 0 Å². The minimum atomic E-state index is -0.529. The van der Waals surface area contributed by atoms with E-state index in [2.05, 4.69) is 5.10 Å². The Hall–Kier alpha value is -2.37. The summed E-state index contributed by atoms with van der Waals surface area (Å²) in [6.07, 6.45) is 1.46. The Bertz CT molecular complexity index is 717. The number of rotatable bonds is 4. The molecule has 21 heavy (non-hydrogen) atoms. The van der Waals surface area contributed by atoms with Crippen molar-refractivity contribution in [2.45, 2.75) is 19.4 Å². The zero-order valence-corrected chi connectivity index (χ0v) is 11.5. The predicted octanol–water partition coefficient (Wildman–Crippen LogP) is 1.18. The summed E-state index contributed by atoms with van der Waals surface area (Å²) in [6, 6.07) is 6.99. The summed E-state index contributed by atoms with van der Waals surface area (Å²) in [5.74, 6) is -0.165. The monoisotopic (exact) mass is 285 g/mol. The van der Waals surface area contributed by atoms with Gasteiger partial charge in [-0.2, -0.15) is 4.68 Å². The summed E-state index contributed by atoms with van der Waals surface area (Å²) in [6.45, 7) is 7.25. The van der Waals surface area contributed by atoms with E-state index in [1.807, 2.05) is 0 Å². The maximum Gasteiger partial charge on any atom is 0.437 e. The van der Waals surface area contributed by atoms with Gasteiger partial charge in [0.1, 0.15) is 0 Å². The van der Waals surface area contributed by atoms with Crippen molar-refractivity contribution in [2.24, 2.45) is 0 Å². The van der Waals surface area contributed by atoms with Crippen LogP contribution < -0.4 is 5.76 Å². The van der Waals surface area contributed by atoms with Crippen LogP contribution in [0.5, 0.6) is 0 Å². The first-order valence-electron chi connectivity index (χ1n) is 6.85. The van der Waals surface area contributed by atoms with E-state index < -0.39 is 5.76 Å². The molecule has 1 saturated heterocycles. The standard InChI is InChI=1S/C15H15N3O3/c1-11-4-2-5-12(10-11)14-16-18(15(20)21-14)9-8-17-7-3-6-13(17)19/h1-2,4-5,10H,3,6-9H2. The quantitative estimate of drug-likeness (QED) is 0.846. The largest absolute Gasteiger partial charge is 0.437 e. The van der Waals surface area contributed by atoms with Gasteiger partial charge in [0.05, 0.1) is 6.54 Å². The van der Waals surface area contributed by atoms with Gasteiger partial charge < -0.3 is 9.32 Å². The van der Waals surface area contributed by atoms with Crippen LogP contribution in [0, 0.1) is 6.92 Å². The fourth-order valence-corrected chi connectivity index (χ4v) is 2.39. The van der Waals surface area contributed by atoms with Crippen molar-refractivity contribution in [3.8, 4) is 11.5 Å². The van der Waals surface area contributed by atoms with Crippen molar-refractivity contribution in [2.75, 3.05) is 13.1 Å². The van der Waals surface area contributed by atoms with Gasteiger partial charge in [-0.05, 0) is 31.0 Å². The highest BCUT2D eigenvalue weighted by Gasteiger charge is 2.20. The summed E-state index contributed by atoms with van der Waals surface area (Å²) in [4.78, 5) is 25.0. The second kappa shape index (κ2) is 5.55. The van der Waals surface area contributed by atoms with Gasteiger partial charge in [0.25, 0.3) is 0 Å². The molecule has 108 valence electrons. The molecule has 0 unspecified atom stereocenters. The third-order valence-corrected chi connectivity index (χ3v) is 3.49. The van der Waals surface area contributed by atoms with Gasteiger partial charge in [-0.1, -0.05) is 12.1 Å². The lowest BCUT2D eigenvalue weighted by Crippen LogP contribution is -2.31. The summed E-state index contributed by atoms with van der Waals surface area (Å²) >= 11 is 0. The molecule has 0 bridgehead atoms. The van der Waals surface area contributed by atoms with Gasteiger partial charge in [0.15, 0.2) is 0 Å². The van der Waals surface area contributed by atoms with Gasteiger partial charge in [0, 0.05) is 25.1 Å². The third kappa shape index (κ3) is 2.89. The topological polar surface area (TPSA) is 68.3 Å². The van der Waals surface area contributed by atoms with Crippen molar-refractivity contribution < 1.29 is 9.21 Å². The average Bonchev–Trinajstić information content (AvgIpc) is 3.03. The van der Waals surface area contributed by atoms with Crippen LogP contribution >= 0.6 is 0 Å². The SMILES string of the molecule is [CH]c1cccc(-c2nn(CCN3CCCC3=O)c(=O)o2)c1. The first-order chi connectivity index (χ1) is 10.1. The van der Waals surface area contributed by atoms with Gasteiger partial charge in [-0.15, -0.1) is 5.10 Å². The molecule has 1 aliphatic rings. The van der Waals surface area contributed by atoms with E-state index in [4.69, 9.17) is 11.3 Å². The fourth-order valence-electron chi connectivity index (χ4n) is 2.39. The summed E-state index contributed by atoms with van der Waals surface area (Å²) in [5.41, 5.74) is 1.23. The highest BCUT2D eigenvalue weighted by molar-refractivity contribution is 5.77. The smallest absolute Gasteiger partial charge is 0.388 e. The van der Waals surface area contributed by atoms with E-state index in [1.54, 1.807) is 29.2 Å². The Morgan fingerprint density at radius 1 is 1.29 bits per heavy atom. The van der Waals surface area contributed by atoms with Gasteiger partial charge in [-0.25, -0.2) is 4.79 Å².